The van der Waals surface area contributed by atoms with Crippen LogP contribution in [-0.2, 0) is 14.4 Å². The molecule has 3 aliphatic rings. The Morgan fingerprint density at radius 3 is 2.12 bits per heavy atom. The lowest BCUT2D eigenvalue weighted by Crippen LogP contribution is -2.46. The highest BCUT2D eigenvalue weighted by molar-refractivity contribution is 9.10. The summed E-state index contributed by atoms with van der Waals surface area (Å²) < 4.78 is 1.01. The Bertz CT molecular complexity index is 770. The molecular formula is C20H23BrN2O3. The van der Waals surface area contributed by atoms with Gasteiger partial charge in [0.15, 0.2) is 0 Å². The van der Waals surface area contributed by atoms with Crippen LogP contribution in [0, 0.1) is 37.5 Å². The second kappa shape index (κ2) is 6.19. The van der Waals surface area contributed by atoms with Gasteiger partial charge in [0.25, 0.3) is 0 Å². The van der Waals surface area contributed by atoms with E-state index >= 15 is 0 Å². The fraction of sp³-hybridized carbons (Fsp3) is 0.550. The number of amides is 3. The average Bonchev–Trinajstić information content (AvgIpc) is 3.26. The molecule has 26 heavy (non-hydrogen) atoms. The van der Waals surface area contributed by atoms with Crippen LogP contribution < -0.4 is 5.32 Å². The molecule has 0 unspecified atom stereocenters. The van der Waals surface area contributed by atoms with Gasteiger partial charge in [-0.1, -0.05) is 15.9 Å². The van der Waals surface area contributed by atoms with Gasteiger partial charge >= 0.3 is 0 Å². The molecule has 1 heterocycles. The number of likely N-dealkylation sites (tertiary alicyclic amines) is 1. The summed E-state index contributed by atoms with van der Waals surface area (Å²) in [6, 6.07) is 2.97. The fourth-order valence-corrected chi connectivity index (χ4v) is 5.42. The first-order valence-electron chi connectivity index (χ1n) is 9.24. The first kappa shape index (κ1) is 17.7. The Hall–Kier alpha value is -1.69. The number of fused-ring (bicyclic) bond motifs is 5. The number of benzene rings is 1. The van der Waals surface area contributed by atoms with Crippen molar-refractivity contribution in [3.63, 3.8) is 0 Å². The summed E-state index contributed by atoms with van der Waals surface area (Å²) in [5, 5.41) is 2.87. The molecule has 1 saturated heterocycles. The van der Waals surface area contributed by atoms with Crippen LogP contribution in [-0.4, -0.2) is 28.7 Å². The van der Waals surface area contributed by atoms with Crippen molar-refractivity contribution in [1.29, 1.82) is 0 Å². The molecule has 3 amide bonds. The van der Waals surface area contributed by atoms with Crippen LogP contribution in [0.15, 0.2) is 16.6 Å². The molecule has 1 aliphatic heterocycles. The van der Waals surface area contributed by atoms with E-state index in [4.69, 9.17) is 0 Å². The largest absolute Gasteiger partial charge is 0.324 e. The molecule has 5 atom stereocenters. The van der Waals surface area contributed by atoms with Gasteiger partial charge in [-0.15, -0.1) is 0 Å². The Balaban J connectivity index is 1.52. The smallest absolute Gasteiger partial charge is 0.247 e. The van der Waals surface area contributed by atoms with Gasteiger partial charge < -0.3 is 5.32 Å². The first-order valence-corrected chi connectivity index (χ1v) is 10.0. The molecule has 0 radical (unpaired) electrons. The fourth-order valence-electron chi connectivity index (χ4n) is 5.20. The third kappa shape index (κ3) is 2.53. The molecule has 2 saturated carbocycles. The number of imide groups is 1. The lowest BCUT2D eigenvalue weighted by molar-refractivity contribution is -0.146. The molecule has 3 fully saturated rings. The Morgan fingerprint density at radius 2 is 1.62 bits per heavy atom. The van der Waals surface area contributed by atoms with E-state index in [1.807, 2.05) is 26.0 Å². The summed E-state index contributed by atoms with van der Waals surface area (Å²) in [4.78, 5) is 39.7. The highest BCUT2D eigenvalue weighted by Gasteiger charge is 2.62. The summed E-state index contributed by atoms with van der Waals surface area (Å²) in [6.07, 6.45) is 3.08. The standard InChI is InChI=1S/C20H23BrN2O3/c1-9-6-14(7-10(2)17(9)21)22-18(24)11(3)23-19(25)15-12-4-5-13(8-12)16(15)20(23)26/h6-7,11-13,15-16H,4-5,8H2,1-3H3,(H,22,24)/t11-,12+,13+,15-,16+/m0/s1. The zero-order chi connectivity index (χ0) is 18.7. The van der Waals surface area contributed by atoms with Crippen molar-refractivity contribution in [3.8, 4) is 0 Å². The predicted octanol–water partition coefficient (Wildman–Crippen LogP) is 3.42. The number of aryl methyl sites for hydroxylation is 2. The van der Waals surface area contributed by atoms with E-state index in [1.54, 1.807) is 6.92 Å². The Kier molecular flexibility index (Phi) is 4.21. The molecule has 4 rings (SSSR count). The third-order valence-corrected chi connectivity index (χ3v) is 7.68. The number of carbonyl (C=O) groups excluding carboxylic acids is 3. The van der Waals surface area contributed by atoms with Crippen molar-refractivity contribution in [2.75, 3.05) is 5.32 Å². The zero-order valence-corrected chi connectivity index (χ0v) is 16.8. The Labute approximate surface area is 161 Å². The molecular weight excluding hydrogens is 396 g/mol. The highest BCUT2D eigenvalue weighted by atomic mass is 79.9. The minimum Gasteiger partial charge on any atom is -0.324 e. The number of nitrogens with one attached hydrogen (secondary N) is 1. The lowest BCUT2D eigenvalue weighted by Gasteiger charge is -2.24. The maximum Gasteiger partial charge on any atom is 0.247 e. The van der Waals surface area contributed by atoms with Crippen molar-refractivity contribution in [2.24, 2.45) is 23.7 Å². The number of anilines is 1. The molecule has 1 aromatic carbocycles. The minimum atomic E-state index is -0.788. The second-order valence-electron chi connectivity index (χ2n) is 8.02. The molecule has 0 aromatic heterocycles. The van der Waals surface area contributed by atoms with Crippen LogP contribution in [0.25, 0.3) is 0 Å². The minimum absolute atomic E-state index is 0.141. The van der Waals surface area contributed by atoms with E-state index in [0.29, 0.717) is 17.5 Å². The number of rotatable bonds is 3. The normalized spacial score (nSPS) is 30.7. The molecule has 6 heteroatoms. The van der Waals surface area contributed by atoms with Crippen LogP contribution >= 0.6 is 15.9 Å². The molecule has 1 N–H and O–H groups in total. The first-order chi connectivity index (χ1) is 12.3. The van der Waals surface area contributed by atoms with Crippen LogP contribution in [0.5, 0.6) is 0 Å². The summed E-state index contributed by atoms with van der Waals surface area (Å²) >= 11 is 3.51. The molecule has 2 bridgehead atoms. The molecule has 2 aliphatic carbocycles. The summed E-state index contributed by atoms with van der Waals surface area (Å²) in [7, 11) is 0. The monoisotopic (exact) mass is 418 g/mol. The summed E-state index contributed by atoms with van der Waals surface area (Å²) in [5.74, 6) is -0.310. The average molecular weight is 419 g/mol. The van der Waals surface area contributed by atoms with Crippen LogP contribution in [0.4, 0.5) is 5.69 Å². The quantitative estimate of drug-likeness (QED) is 0.764. The van der Waals surface area contributed by atoms with Gasteiger partial charge in [-0.05, 0) is 75.1 Å². The van der Waals surface area contributed by atoms with Crippen LogP contribution in [0.3, 0.4) is 0 Å². The second-order valence-corrected chi connectivity index (χ2v) is 8.81. The van der Waals surface area contributed by atoms with Gasteiger partial charge in [-0.3, -0.25) is 19.3 Å². The van der Waals surface area contributed by atoms with Gasteiger partial charge in [0.05, 0.1) is 11.8 Å². The topological polar surface area (TPSA) is 66.5 Å². The highest BCUT2D eigenvalue weighted by Crippen LogP contribution is 2.56. The maximum absolute atomic E-state index is 12.9. The van der Waals surface area contributed by atoms with E-state index in [-0.39, 0.29) is 29.6 Å². The number of nitrogens with zero attached hydrogens (tertiary/aromatic N) is 1. The number of halogens is 1. The number of carbonyl (C=O) groups is 3. The van der Waals surface area contributed by atoms with E-state index in [0.717, 1.165) is 34.9 Å². The summed E-state index contributed by atoms with van der Waals surface area (Å²) in [5.41, 5.74) is 2.72. The zero-order valence-electron chi connectivity index (χ0n) is 15.2. The third-order valence-electron chi connectivity index (χ3n) is 6.43. The molecule has 138 valence electrons. The lowest BCUT2D eigenvalue weighted by atomic mass is 9.81. The van der Waals surface area contributed by atoms with Crippen LogP contribution in [0.2, 0.25) is 0 Å². The Morgan fingerprint density at radius 1 is 1.12 bits per heavy atom. The molecule has 0 spiro atoms. The molecule has 5 nitrogen and oxygen atoms in total. The number of hydrogen-bond donors (Lipinski definition) is 1. The van der Waals surface area contributed by atoms with Gasteiger partial charge in [0.1, 0.15) is 6.04 Å². The summed E-state index contributed by atoms with van der Waals surface area (Å²) in [6.45, 7) is 5.56. The molecule has 1 aromatic rings. The van der Waals surface area contributed by atoms with Gasteiger partial charge in [-0.25, -0.2) is 0 Å². The van der Waals surface area contributed by atoms with Gasteiger partial charge in [-0.2, -0.15) is 0 Å². The number of hydrogen-bond acceptors (Lipinski definition) is 3. The van der Waals surface area contributed by atoms with Gasteiger partial charge in [0, 0.05) is 10.2 Å². The SMILES string of the molecule is Cc1cc(NC(=O)[C@H](C)N2C(=O)[C@@H]3[C@@H]4CC[C@H](C4)[C@@H]3C2=O)cc(C)c1Br. The van der Waals surface area contributed by atoms with E-state index < -0.39 is 6.04 Å². The predicted molar refractivity (Wildman–Crippen MR) is 101 cm³/mol. The van der Waals surface area contributed by atoms with Crippen molar-refractivity contribution in [3.05, 3.63) is 27.7 Å². The van der Waals surface area contributed by atoms with Crippen molar-refractivity contribution in [2.45, 2.75) is 46.1 Å². The maximum atomic E-state index is 12.9. The van der Waals surface area contributed by atoms with Gasteiger partial charge in [0.2, 0.25) is 17.7 Å². The van der Waals surface area contributed by atoms with E-state index in [9.17, 15) is 14.4 Å². The van der Waals surface area contributed by atoms with Crippen molar-refractivity contribution < 1.29 is 14.4 Å². The van der Waals surface area contributed by atoms with Crippen molar-refractivity contribution >= 4 is 39.3 Å². The van der Waals surface area contributed by atoms with E-state index in [2.05, 4.69) is 21.2 Å². The van der Waals surface area contributed by atoms with E-state index in [1.165, 1.54) is 4.90 Å². The van der Waals surface area contributed by atoms with Crippen LogP contribution in [0.1, 0.15) is 37.3 Å². The van der Waals surface area contributed by atoms with Crippen molar-refractivity contribution in [1.82, 2.24) is 4.90 Å².